The van der Waals surface area contributed by atoms with Crippen molar-refractivity contribution < 1.29 is 102 Å². The van der Waals surface area contributed by atoms with Crippen molar-refractivity contribution in [2.24, 2.45) is 45.9 Å². The Hall–Kier alpha value is -10.1. The zero-order chi connectivity index (χ0) is 77.7. The molecule has 0 aliphatic carbocycles. The van der Waals surface area contributed by atoms with E-state index in [4.69, 9.17) is 31.4 Å². The first-order chi connectivity index (χ1) is 48.2. The van der Waals surface area contributed by atoms with Crippen LogP contribution in [0.2, 0.25) is 0 Å². The molecule has 0 spiro atoms. The minimum absolute atomic E-state index is 0.0114. The summed E-state index contributed by atoms with van der Waals surface area (Å²) in [5.74, 6) is -19.5. The van der Waals surface area contributed by atoms with E-state index in [1.54, 1.807) is 59.7 Å². The molecule has 3 rings (SSSR count). The van der Waals surface area contributed by atoms with Crippen LogP contribution in [0.15, 0.2) is 65.7 Å². The third-order valence-corrected chi connectivity index (χ3v) is 15.8. The number of nitrogens with two attached hydrogens (primary N) is 3. The van der Waals surface area contributed by atoms with Gasteiger partial charge in [0, 0.05) is 6.54 Å². The second-order valence-electron chi connectivity index (χ2n) is 27.0. The van der Waals surface area contributed by atoms with Gasteiger partial charge in [-0.1, -0.05) is 110 Å². The summed E-state index contributed by atoms with van der Waals surface area (Å²) in [5, 5.41) is 70.5. The number of amides is 12. The van der Waals surface area contributed by atoms with E-state index in [1.165, 1.54) is 77.1 Å². The van der Waals surface area contributed by atoms with Gasteiger partial charge >= 0.3 is 18.0 Å². The van der Waals surface area contributed by atoms with Gasteiger partial charge in [0.2, 0.25) is 65.0 Å². The molecule has 2 aromatic rings. The van der Waals surface area contributed by atoms with Crippen LogP contribution in [0.25, 0.3) is 0 Å². The number of carbonyl (C=O) groups excluding carboxylic acids is 14. The number of hydrogen-bond acceptors (Lipinski definition) is 22. The molecule has 36 nitrogen and oxygen atoms in total. The van der Waals surface area contributed by atoms with E-state index in [0.29, 0.717) is 0 Å². The second-order valence-corrected chi connectivity index (χ2v) is 27.0. The van der Waals surface area contributed by atoms with Gasteiger partial charge in [0.25, 0.3) is 0 Å². The Morgan fingerprint density at radius 2 is 1.19 bits per heavy atom. The molecule has 0 radical (unpaired) electrons. The fraction of sp³-hybridized carbons (Fsp3) is 0.597. The molecule has 2 aromatic carbocycles. The third kappa shape index (κ3) is 29.1. The van der Waals surface area contributed by atoms with Gasteiger partial charge in [0.05, 0.1) is 30.9 Å². The number of alkyl carbamates (subject to hydrolysis) is 1. The molecule has 572 valence electrons. The van der Waals surface area contributed by atoms with E-state index in [1.807, 2.05) is 10.6 Å². The van der Waals surface area contributed by atoms with Crippen LogP contribution in [-0.4, -0.2) is 220 Å². The maximum absolute atomic E-state index is 15.6. The topological polar surface area (TPSA) is 570 Å². The number of hydrogen-bond donors (Lipinski definition) is 18. The van der Waals surface area contributed by atoms with E-state index >= 15 is 14.4 Å². The number of cyclic esters (lactones) is 1. The summed E-state index contributed by atoms with van der Waals surface area (Å²) in [6.07, 6.45) is -10.1. The van der Waals surface area contributed by atoms with Gasteiger partial charge in [-0.05, 0) is 94.7 Å². The van der Waals surface area contributed by atoms with Crippen molar-refractivity contribution in [3.05, 3.63) is 71.8 Å². The fourth-order valence-electron chi connectivity index (χ4n) is 10.1. The lowest BCUT2D eigenvalue weighted by Gasteiger charge is -2.34. The molecule has 0 aromatic heterocycles. The Kier molecular flexibility index (Phi) is 35.3. The van der Waals surface area contributed by atoms with Crippen LogP contribution in [0.5, 0.6) is 0 Å². The highest BCUT2D eigenvalue weighted by Crippen LogP contribution is 2.25. The lowest BCUT2D eigenvalue weighted by molar-refractivity contribution is -0.159. The molecule has 12 amide bonds. The predicted octanol–water partition coefficient (Wildman–Crippen LogP) is -4.06. The van der Waals surface area contributed by atoms with Crippen LogP contribution in [0.4, 0.5) is 4.79 Å². The van der Waals surface area contributed by atoms with Gasteiger partial charge in [-0.3, -0.25) is 57.7 Å². The Morgan fingerprint density at radius 1 is 0.641 bits per heavy atom. The van der Waals surface area contributed by atoms with Crippen molar-refractivity contribution in [1.82, 2.24) is 58.5 Å². The van der Waals surface area contributed by atoms with Crippen LogP contribution >= 0.6 is 0 Å². The van der Waals surface area contributed by atoms with E-state index < -0.39 is 217 Å². The summed E-state index contributed by atoms with van der Waals surface area (Å²) in [7, 11) is 0. The van der Waals surface area contributed by atoms with E-state index in [2.05, 4.69) is 52.8 Å². The van der Waals surface area contributed by atoms with Crippen LogP contribution in [0.1, 0.15) is 137 Å². The van der Waals surface area contributed by atoms with Crippen LogP contribution in [-0.2, 0) is 71.7 Å². The van der Waals surface area contributed by atoms with Crippen LogP contribution in [0, 0.1) is 23.7 Å². The summed E-state index contributed by atoms with van der Waals surface area (Å²) in [6.45, 7) is 14.9. The lowest BCUT2D eigenvalue weighted by Crippen LogP contribution is -2.64. The number of aliphatic hydroxyl groups excluding tert-OH is 4. The quantitative estimate of drug-likeness (QED) is 0.0148. The van der Waals surface area contributed by atoms with Crippen LogP contribution < -0.4 is 75.7 Å². The first kappa shape index (κ1) is 87.1. The number of carbonyl (C=O) groups is 14. The molecule has 0 bridgehead atoms. The lowest BCUT2D eigenvalue weighted by atomic mass is 9.95. The molecule has 1 fully saturated rings. The summed E-state index contributed by atoms with van der Waals surface area (Å²) in [4.78, 5) is 203. The maximum atomic E-state index is 15.6. The first-order valence-corrected chi connectivity index (χ1v) is 33.7. The number of aliphatic hydroxyl groups is 4. The first-order valence-electron chi connectivity index (χ1n) is 33.7. The average molecular weight is 1450 g/mol. The van der Waals surface area contributed by atoms with Gasteiger partial charge in [0.1, 0.15) is 66.6 Å². The highest BCUT2D eigenvalue weighted by molar-refractivity contribution is 6.00. The predicted molar refractivity (Wildman–Crippen MR) is 369 cm³/mol. The molecule has 36 heteroatoms. The zero-order valence-corrected chi connectivity index (χ0v) is 59.9. The van der Waals surface area contributed by atoms with Crippen molar-refractivity contribution in [3.8, 4) is 0 Å². The van der Waals surface area contributed by atoms with Crippen molar-refractivity contribution >= 4 is 89.0 Å². The summed E-state index contributed by atoms with van der Waals surface area (Å²) in [5.41, 5.74) is 15.3. The van der Waals surface area contributed by atoms with Crippen molar-refractivity contribution in [1.29, 1.82) is 0 Å². The molecule has 0 saturated carbocycles. The van der Waals surface area contributed by atoms with Gasteiger partial charge in [-0.15, -0.1) is 0 Å². The van der Waals surface area contributed by atoms with Gasteiger partial charge in [-0.2, -0.15) is 0 Å². The monoisotopic (exact) mass is 1450 g/mol. The maximum Gasteiger partial charge on any atom is 0.408 e. The summed E-state index contributed by atoms with van der Waals surface area (Å²) in [6, 6.07) is -5.01. The largest absolute Gasteiger partial charge is 0.459 e. The Bertz CT molecular complexity index is 3280. The highest BCUT2D eigenvalue weighted by Gasteiger charge is 2.44. The minimum Gasteiger partial charge on any atom is -0.459 e. The van der Waals surface area contributed by atoms with Crippen molar-refractivity contribution in [2.75, 3.05) is 26.3 Å². The number of esters is 2. The van der Waals surface area contributed by atoms with Gasteiger partial charge < -0.3 is 110 Å². The number of rotatable bonds is 25. The minimum atomic E-state index is -2.63. The number of nitrogens with one attached hydrogen (secondary N) is 11. The highest BCUT2D eigenvalue weighted by atomic mass is 16.6. The summed E-state index contributed by atoms with van der Waals surface area (Å²) >= 11 is 0. The smallest absolute Gasteiger partial charge is 0.408 e. The van der Waals surface area contributed by atoms with Crippen molar-refractivity contribution in [3.63, 3.8) is 0 Å². The van der Waals surface area contributed by atoms with Gasteiger partial charge in [0.15, 0.2) is 24.2 Å². The molecule has 1 heterocycles. The van der Waals surface area contributed by atoms with E-state index in [-0.39, 0.29) is 55.7 Å². The van der Waals surface area contributed by atoms with Crippen LogP contribution in [0.3, 0.4) is 0 Å². The van der Waals surface area contributed by atoms with E-state index in [0.717, 1.165) is 6.92 Å². The third-order valence-electron chi connectivity index (χ3n) is 15.8. The zero-order valence-electron chi connectivity index (χ0n) is 59.9. The standard InChI is InChI=1S/C67H103N15O21/c1-13-35(8)45-59(94)80-46(36(9)84)58(93)72-29-44(85)78-48(51(87)53(68)88)61(96)76-42(30-83)64(99)102-52(37-21-16-14-17-22-37)49(82-56(91)41(28-33(4)5)74-57(92)43(77-66(100)103-67(10,11)12)31-101-63(98)38-23-18-15-19-24-38)62(97)81-47(50(86)34(6)7)60(95)75-40(27-32(2)3)55(90)73-39(54(89)79-45)25-20-26-71-65(69)70/h14-19,21-24,32-36,39-43,45-52,83-84,86-87H,13,20,25-31H2,1-12H3,(H2,68,88)(H,72,93)(H,73,90)(H,74,92)(H,75,95)(H,76,96)(H,77,100)(H,78,85)(H,79,89)(H,80,94)(H,81,97)(H,82,91)(H4,69,70,71)/t35-,36-,39+,40-,41-,42-,43+,45?,46?,47-,48-,49-,50+,51-,52+/m0/s1. The van der Waals surface area contributed by atoms with E-state index in [9.17, 15) is 73.2 Å². The molecule has 2 unspecified atom stereocenters. The number of ether oxygens (including phenoxy) is 3. The molecule has 1 aliphatic heterocycles. The van der Waals surface area contributed by atoms with Gasteiger partial charge in [-0.25, -0.2) is 14.4 Å². The molecule has 21 N–H and O–H groups in total. The second kappa shape index (κ2) is 41.7. The SMILES string of the molecule is CC[C@H](C)C1NC(=O)[C@@H](CCCN=C(N)N)NC(=O)[C@H](CC(C)C)NC(=O)[C@H]([C@H](O)C(C)C)NC(=O)[C@@H](NC(=O)[C@H](CC(C)C)NC(=O)[C@@H](COC(=O)c2ccccc2)NC(=O)OC(C)(C)C)[C@@H](c2ccccc2)OC(=O)[C@H](CO)NC(=O)[C@H]([C@H](O)C(N)=O)NC(=O)CNC(=O)C([C@H](C)O)NC1=O. The van der Waals surface area contributed by atoms with Crippen molar-refractivity contribution in [2.45, 2.75) is 206 Å². The fourth-order valence-corrected chi connectivity index (χ4v) is 10.1. The number of aliphatic imine (C=N–C) groups is 1. The number of guanidine groups is 1. The molecular weight excluding hydrogens is 1350 g/mol. The average Bonchev–Trinajstić information content (AvgIpc) is 0.810. The molecular formula is C67H103N15O21. The summed E-state index contributed by atoms with van der Waals surface area (Å²) < 4.78 is 16.8. The Balaban J connectivity index is 2.45. The number of primary amides is 1. The molecule has 1 aliphatic rings. The number of nitrogens with zero attached hydrogens (tertiary/aromatic N) is 1. The normalized spacial score (nSPS) is 23.0. The molecule has 1 saturated heterocycles. The number of benzene rings is 2. The molecule has 15 atom stereocenters. The Morgan fingerprint density at radius 3 is 1.74 bits per heavy atom. The molecule has 103 heavy (non-hydrogen) atoms. The Labute approximate surface area is 596 Å².